The summed E-state index contributed by atoms with van der Waals surface area (Å²) in [5.41, 5.74) is 1.73. The number of hydrogen-bond donors (Lipinski definition) is 0. The van der Waals surface area contributed by atoms with Gasteiger partial charge in [-0.1, -0.05) is 78.1 Å². The number of methoxy groups -OCH3 is 1. The molecule has 0 radical (unpaired) electrons. The summed E-state index contributed by atoms with van der Waals surface area (Å²) in [6.07, 6.45) is 2.85. The van der Waals surface area contributed by atoms with Crippen molar-refractivity contribution in [1.29, 1.82) is 0 Å². The van der Waals surface area contributed by atoms with Crippen LogP contribution >= 0.6 is 22.9 Å². The van der Waals surface area contributed by atoms with Crippen LogP contribution in [0.2, 0.25) is 5.02 Å². The van der Waals surface area contributed by atoms with E-state index in [1.807, 2.05) is 30.3 Å². The smallest absolute Gasteiger partial charge is 0.338 e. The number of hydrogen-bond acceptors (Lipinski definition) is 7. The van der Waals surface area contributed by atoms with E-state index in [2.05, 4.69) is 11.6 Å². The van der Waals surface area contributed by atoms with Gasteiger partial charge in [-0.25, -0.2) is 14.2 Å². The Hall–Kier alpha value is -4.47. The number of nitrogens with zero attached hydrogens (tertiary/aromatic N) is 2. The largest absolute Gasteiger partial charge is 0.493 e. The first-order valence-electron chi connectivity index (χ1n) is 12.9. The van der Waals surface area contributed by atoms with Crippen molar-refractivity contribution in [2.24, 2.45) is 4.99 Å². The van der Waals surface area contributed by atoms with Crippen LogP contribution in [0.15, 0.2) is 100 Å². The molecule has 0 saturated heterocycles. The van der Waals surface area contributed by atoms with Crippen LogP contribution in [-0.4, -0.2) is 24.3 Å². The number of esters is 1. The van der Waals surface area contributed by atoms with Gasteiger partial charge in [-0.2, -0.15) is 0 Å². The predicted octanol–water partition coefficient (Wildman–Crippen LogP) is 5.34. The normalized spacial score (nSPS) is 14.7. The molecule has 1 unspecified atom stereocenters. The van der Waals surface area contributed by atoms with Crippen LogP contribution in [0, 0.1) is 5.82 Å². The van der Waals surface area contributed by atoms with Crippen LogP contribution in [0.25, 0.3) is 6.08 Å². The van der Waals surface area contributed by atoms with Crippen molar-refractivity contribution in [1.82, 2.24) is 4.57 Å². The number of fused-ring (bicyclic) bond motifs is 1. The summed E-state index contributed by atoms with van der Waals surface area (Å²) in [4.78, 5) is 32.1. The average Bonchev–Trinajstić information content (AvgIpc) is 3.30. The van der Waals surface area contributed by atoms with E-state index in [1.54, 1.807) is 31.2 Å². The van der Waals surface area contributed by atoms with Crippen molar-refractivity contribution < 1.29 is 23.4 Å². The number of carbonyl (C=O) groups is 1. The third-order valence-electron chi connectivity index (χ3n) is 6.59. The lowest BCUT2D eigenvalue weighted by Crippen LogP contribution is -2.40. The standard InChI is InChI=1S/C32H26ClFN2O5S/c1-4-15-40-31(38)28-19(2)35-32-36(30(37)27(42-32)17-22-23(33)11-8-12-24(22)34)29(28)21-13-14-25(26(16-21)39-3)41-18-20-9-6-5-7-10-20/h4-14,16-17,29H,1,15,18H2,2-3H3. The number of ether oxygens (including phenoxy) is 3. The van der Waals surface area contributed by atoms with E-state index in [0.717, 1.165) is 16.9 Å². The zero-order valence-electron chi connectivity index (χ0n) is 22.8. The predicted molar refractivity (Wildman–Crippen MR) is 160 cm³/mol. The molecule has 7 nitrogen and oxygen atoms in total. The maximum absolute atomic E-state index is 14.6. The summed E-state index contributed by atoms with van der Waals surface area (Å²) < 4.78 is 33.2. The number of rotatable bonds is 9. The molecule has 5 rings (SSSR count). The number of thiazole rings is 1. The molecule has 0 bridgehead atoms. The lowest BCUT2D eigenvalue weighted by molar-refractivity contribution is -0.138. The van der Waals surface area contributed by atoms with Crippen molar-refractivity contribution in [3.8, 4) is 11.5 Å². The lowest BCUT2D eigenvalue weighted by Gasteiger charge is -2.25. The second kappa shape index (κ2) is 12.6. The van der Waals surface area contributed by atoms with Crippen molar-refractivity contribution in [3.05, 3.63) is 138 Å². The van der Waals surface area contributed by atoms with Gasteiger partial charge < -0.3 is 14.2 Å². The Bertz CT molecular complexity index is 1860. The van der Waals surface area contributed by atoms with E-state index in [-0.39, 0.29) is 27.3 Å². The first-order chi connectivity index (χ1) is 20.3. The first kappa shape index (κ1) is 29.0. The van der Waals surface area contributed by atoms with E-state index >= 15 is 0 Å². The summed E-state index contributed by atoms with van der Waals surface area (Å²) in [5, 5.41) is 0.165. The second-order valence-electron chi connectivity index (χ2n) is 9.29. The van der Waals surface area contributed by atoms with Gasteiger partial charge in [-0.3, -0.25) is 9.36 Å². The molecule has 42 heavy (non-hydrogen) atoms. The highest BCUT2D eigenvalue weighted by molar-refractivity contribution is 7.07. The summed E-state index contributed by atoms with van der Waals surface area (Å²) in [6, 6.07) is 18.3. The first-order valence-corrected chi connectivity index (χ1v) is 14.1. The fraction of sp³-hybridized carbons (Fsp3) is 0.156. The van der Waals surface area contributed by atoms with Crippen molar-refractivity contribution in [2.75, 3.05) is 13.7 Å². The van der Waals surface area contributed by atoms with E-state index in [4.69, 9.17) is 25.8 Å². The minimum absolute atomic E-state index is 0.0197. The fourth-order valence-electron chi connectivity index (χ4n) is 4.60. The Morgan fingerprint density at radius 2 is 1.93 bits per heavy atom. The molecule has 3 aromatic carbocycles. The van der Waals surface area contributed by atoms with E-state index in [1.165, 1.54) is 36.0 Å². The summed E-state index contributed by atoms with van der Waals surface area (Å²) in [5.74, 6) is -0.304. The number of halogens is 2. The summed E-state index contributed by atoms with van der Waals surface area (Å²) >= 11 is 7.30. The molecule has 214 valence electrons. The zero-order valence-corrected chi connectivity index (χ0v) is 24.4. The third kappa shape index (κ3) is 5.79. The van der Waals surface area contributed by atoms with Crippen LogP contribution in [0.4, 0.5) is 4.39 Å². The minimum Gasteiger partial charge on any atom is -0.493 e. The van der Waals surface area contributed by atoms with Gasteiger partial charge in [0, 0.05) is 5.56 Å². The number of carbonyl (C=O) groups excluding carboxylic acids is 1. The Labute approximate surface area is 250 Å². The van der Waals surface area contributed by atoms with Gasteiger partial charge in [0.1, 0.15) is 19.0 Å². The molecule has 1 aliphatic rings. The zero-order chi connectivity index (χ0) is 29.8. The van der Waals surface area contributed by atoms with Gasteiger partial charge in [0.05, 0.1) is 34.0 Å². The monoisotopic (exact) mass is 604 g/mol. The Morgan fingerprint density at radius 1 is 1.14 bits per heavy atom. The van der Waals surface area contributed by atoms with Crippen LogP contribution in [-0.2, 0) is 16.1 Å². The maximum Gasteiger partial charge on any atom is 0.338 e. The molecular weight excluding hydrogens is 579 g/mol. The summed E-state index contributed by atoms with van der Waals surface area (Å²) in [7, 11) is 1.51. The molecule has 0 N–H and O–H groups in total. The highest BCUT2D eigenvalue weighted by Crippen LogP contribution is 2.36. The van der Waals surface area contributed by atoms with Crippen LogP contribution in [0.1, 0.15) is 29.7 Å². The van der Waals surface area contributed by atoms with E-state index in [9.17, 15) is 14.0 Å². The minimum atomic E-state index is -0.908. The third-order valence-corrected chi connectivity index (χ3v) is 7.90. The molecule has 0 saturated carbocycles. The molecule has 0 spiro atoms. The molecule has 2 heterocycles. The molecule has 1 atom stereocenters. The van der Waals surface area contributed by atoms with Gasteiger partial charge >= 0.3 is 5.97 Å². The Morgan fingerprint density at radius 3 is 2.64 bits per heavy atom. The second-order valence-corrected chi connectivity index (χ2v) is 10.7. The Balaban J connectivity index is 1.64. The van der Waals surface area contributed by atoms with Crippen molar-refractivity contribution in [3.63, 3.8) is 0 Å². The lowest BCUT2D eigenvalue weighted by atomic mass is 9.95. The molecule has 10 heteroatoms. The fourth-order valence-corrected chi connectivity index (χ4v) is 5.84. The van der Waals surface area contributed by atoms with E-state index < -0.39 is 23.4 Å². The molecule has 0 aliphatic carbocycles. The number of aromatic nitrogens is 1. The molecular formula is C32H26ClFN2O5S. The van der Waals surface area contributed by atoms with Gasteiger partial charge in [0.25, 0.3) is 5.56 Å². The van der Waals surface area contributed by atoms with Gasteiger partial charge in [-0.05, 0) is 48.4 Å². The topological polar surface area (TPSA) is 79.1 Å². The Kier molecular flexibility index (Phi) is 8.70. The van der Waals surface area contributed by atoms with Crippen molar-refractivity contribution >= 4 is 35.0 Å². The van der Waals surface area contributed by atoms with Crippen LogP contribution in [0.5, 0.6) is 11.5 Å². The molecule has 1 aliphatic heterocycles. The number of benzene rings is 3. The van der Waals surface area contributed by atoms with Gasteiger partial charge in [0.15, 0.2) is 16.3 Å². The average molecular weight is 605 g/mol. The highest BCUT2D eigenvalue weighted by Gasteiger charge is 2.34. The molecule has 1 aromatic heterocycles. The van der Waals surface area contributed by atoms with Gasteiger partial charge in [0.2, 0.25) is 0 Å². The molecule has 4 aromatic rings. The molecule has 0 amide bonds. The highest BCUT2D eigenvalue weighted by atomic mass is 35.5. The van der Waals surface area contributed by atoms with Crippen molar-refractivity contribution in [2.45, 2.75) is 19.6 Å². The SMILES string of the molecule is C=CCOC(=O)C1=C(C)N=c2sc(=Cc3c(F)cccc3Cl)c(=O)n2C1c1ccc(OCc2ccccc2)c(OC)c1. The van der Waals surface area contributed by atoms with Gasteiger partial charge in [-0.15, -0.1) is 0 Å². The quantitative estimate of drug-likeness (QED) is 0.190. The maximum atomic E-state index is 14.6. The van der Waals surface area contributed by atoms with Crippen LogP contribution < -0.4 is 24.4 Å². The summed E-state index contributed by atoms with van der Waals surface area (Å²) in [6.45, 7) is 5.59. The van der Waals surface area contributed by atoms with Crippen LogP contribution in [0.3, 0.4) is 0 Å². The number of allylic oxidation sites excluding steroid dienone is 1. The molecule has 0 fully saturated rings. The van der Waals surface area contributed by atoms with E-state index in [0.29, 0.717) is 34.2 Å².